The Morgan fingerprint density at radius 3 is 2.41 bits per heavy atom. The SMILES string of the molecule is COC(=O)C(CC(C)C)NC(=O)COC(=O)CNC(=O)c1ccccc1I. The molecule has 148 valence electrons. The fourth-order valence-electron chi connectivity index (χ4n) is 2.15. The van der Waals surface area contributed by atoms with Gasteiger partial charge in [-0.1, -0.05) is 26.0 Å². The lowest BCUT2D eigenvalue weighted by atomic mass is 10.0. The minimum absolute atomic E-state index is 0.160. The van der Waals surface area contributed by atoms with Gasteiger partial charge in [0.05, 0.1) is 12.7 Å². The fraction of sp³-hybridized carbons (Fsp3) is 0.444. The predicted molar refractivity (Wildman–Crippen MR) is 106 cm³/mol. The largest absolute Gasteiger partial charge is 0.467 e. The Morgan fingerprint density at radius 1 is 1.15 bits per heavy atom. The molecule has 1 aromatic rings. The summed E-state index contributed by atoms with van der Waals surface area (Å²) in [5, 5.41) is 4.91. The van der Waals surface area contributed by atoms with Gasteiger partial charge >= 0.3 is 11.9 Å². The van der Waals surface area contributed by atoms with Gasteiger partial charge in [0, 0.05) is 3.57 Å². The molecule has 0 bridgehead atoms. The lowest BCUT2D eigenvalue weighted by Gasteiger charge is -2.18. The van der Waals surface area contributed by atoms with E-state index in [4.69, 9.17) is 4.74 Å². The maximum Gasteiger partial charge on any atom is 0.328 e. The second-order valence-corrected chi connectivity index (χ2v) is 7.26. The van der Waals surface area contributed by atoms with Crippen molar-refractivity contribution in [3.05, 3.63) is 33.4 Å². The van der Waals surface area contributed by atoms with Crippen LogP contribution in [-0.2, 0) is 23.9 Å². The van der Waals surface area contributed by atoms with E-state index in [0.717, 1.165) is 3.57 Å². The minimum atomic E-state index is -0.805. The molecular formula is C18H23IN2O6. The van der Waals surface area contributed by atoms with Crippen molar-refractivity contribution in [2.75, 3.05) is 20.3 Å². The van der Waals surface area contributed by atoms with E-state index in [1.807, 2.05) is 36.4 Å². The number of hydrogen-bond donors (Lipinski definition) is 2. The number of nitrogens with one attached hydrogen (secondary N) is 2. The molecule has 0 aliphatic heterocycles. The Labute approximate surface area is 171 Å². The second kappa shape index (κ2) is 11.5. The van der Waals surface area contributed by atoms with Gasteiger partial charge in [0.1, 0.15) is 12.6 Å². The van der Waals surface area contributed by atoms with Crippen molar-refractivity contribution in [2.24, 2.45) is 5.92 Å². The number of esters is 2. The standard InChI is InChI=1S/C18H23IN2O6/c1-11(2)8-14(18(25)26-3)21-15(22)10-27-16(23)9-20-17(24)12-6-4-5-7-13(12)19/h4-7,11,14H,8-10H2,1-3H3,(H,20,24)(H,21,22). The first-order valence-electron chi connectivity index (χ1n) is 8.30. The van der Waals surface area contributed by atoms with Gasteiger partial charge in [0.2, 0.25) is 0 Å². The Balaban J connectivity index is 2.42. The summed E-state index contributed by atoms with van der Waals surface area (Å²) in [6.07, 6.45) is 0.401. The third-order valence-electron chi connectivity index (χ3n) is 3.40. The molecule has 1 rings (SSSR count). The number of carbonyl (C=O) groups excluding carboxylic acids is 4. The third-order valence-corrected chi connectivity index (χ3v) is 4.34. The Bertz CT molecular complexity index is 692. The van der Waals surface area contributed by atoms with Crippen molar-refractivity contribution in [3.63, 3.8) is 0 Å². The number of amides is 2. The molecule has 8 nitrogen and oxygen atoms in total. The van der Waals surface area contributed by atoms with Gasteiger partial charge in [-0.3, -0.25) is 14.4 Å². The summed E-state index contributed by atoms with van der Waals surface area (Å²) in [4.78, 5) is 47.3. The molecule has 1 aromatic carbocycles. The van der Waals surface area contributed by atoms with Crippen LogP contribution in [0, 0.1) is 9.49 Å². The average Bonchev–Trinajstić information content (AvgIpc) is 2.63. The van der Waals surface area contributed by atoms with Crippen LogP contribution in [-0.4, -0.2) is 50.1 Å². The third kappa shape index (κ3) is 8.37. The van der Waals surface area contributed by atoms with E-state index in [0.29, 0.717) is 12.0 Å². The number of ether oxygens (including phenoxy) is 2. The van der Waals surface area contributed by atoms with Crippen LogP contribution in [0.3, 0.4) is 0 Å². The van der Waals surface area contributed by atoms with Crippen LogP contribution >= 0.6 is 22.6 Å². The van der Waals surface area contributed by atoms with Crippen LogP contribution in [0.1, 0.15) is 30.6 Å². The molecule has 9 heteroatoms. The number of hydrogen-bond acceptors (Lipinski definition) is 6. The van der Waals surface area contributed by atoms with Gasteiger partial charge in [0.15, 0.2) is 6.61 Å². The Kier molecular flexibility index (Phi) is 9.76. The lowest BCUT2D eigenvalue weighted by molar-refractivity contribution is -0.149. The van der Waals surface area contributed by atoms with Gasteiger partial charge in [-0.25, -0.2) is 4.79 Å². The molecule has 0 aliphatic carbocycles. The maximum absolute atomic E-state index is 12.0. The van der Waals surface area contributed by atoms with E-state index in [1.54, 1.807) is 24.3 Å². The molecular weight excluding hydrogens is 467 g/mol. The molecule has 0 radical (unpaired) electrons. The maximum atomic E-state index is 12.0. The van der Waals surface area contributed by atoms with E-state index >= 15 is 0 Å². The van der Waals surface area contributed by atoms with Gasteiger partial charge in [-0.2, -0.15) is 0 Å². The summed E-state index contributed by atoms with van der Waals surface area (Å²) in [5.74, 6) is -2.20. The molecule has 2 N–H and O–H groups in total. The summed E-state index contributed by atoms with van der Waals surface area (Å²) < 4.78 is 10.2. The molecule has 0 saturated heterocycles. The summed E-state index contributed by atoms with van der Waals surface area (Å²) in [6, 6.07) is 6.12. The summed E-state index contributed by atoms with van der Waals surface area (Å²) >= 11 is 2.02. The number of benzene rings is 1. The van der Waals surface area contributed by atoms with Gasteiger partial charge in [0.25, 0.3) is 11.8 Å². The fourth-order valence-corrected chi connectivity index (χ4v) is 2.79. The number of rotatable bonds is 9. The number of carbonyl (C=O) groups is 4. The number of methoxy groups -OCH3 is 1. The van der Waals surface area contributed by atoms with Crippen LogP contribution in [0.15, 0.2) is 24.3 Å². The van der Waals surface area contributed by atoms with Crippen molar-refractivity contribution >= 4 is 46.3 Å². The quantitative estimate of drug-likeness (QED) is 0.399. The Hall–Kier alpha value is -2.17. The second-order valence-electron chi connectivity index (χ2n) is 6.10. The first-order chi connectivity index (χ1) is 12.7. The first-order valence-corrected chi connectivity index (χ1v) is 9.38. The highest BCUT2D eigenvalue weighted by Gasteiger charge is 2.23. The summed E-state index contributed by atoms with van der Waals surface area (Å²) in [7, 11) is 1.23. The highest BCUT2D eigenvalue weighted by atomic mass is 127. The zero-order chi connectivity index (χ0) is 20.4. The van der Waals surface area contributed by atoms with E-state index in [1.165, 1.54) is 7.11 Å². The molecule has 27 heavy (non-hydrogen) atoms. The van der Waals surface area contributed by atoms with Gasteiger partial charge < -0.3 is 20.1 Å². The van der Waals surface area contributed by atoms with Crippen molar-refractivity contribution in [1.82, 2.24) is 10.6 Å². The van der Waals surface area contributed by atoms with Crippen molar-refractivity contribution in [1.29, 1.82) is 0 Å². The molecule has 0 aliphatic rings. The van der Waals surface area contributed by atoms with Gasteiger partial charge in [-0.15, -0.1) is 0 Å². The van der Waals surface area contributed by atoms with Crippen LogP contribution in [0.25, 0.3) is 0 Å². The van der Waals surface area contributed by atoms with E-state index in [9.17, 15) is 19.2 Å². The normalized spacial score (nSPS) is 11.4. The zero-order valence-electron chi connectivity index (χ0n) is 15.4. The highest BCUT2D eigenvalue weighted by molar-refractivity contribution is 14.1. The monoisotopic (exact) mass is 490 g/mol. The van der Waals surface area contributed by atoms with Crippen LogP contribution in [0.4, 0.5) is 0 Å². The summed E-state index contributed by atoms with van der Waals surface area (Å²) in [6.45, 7) is 2.88. The minimum Gasteiger partial charge on any atom is -0.467 e. The van der Waals surface area contributed by atoms with E-state index in [2.05, 4.69) is 15.4 Å². The number of halogens is 1. The molecule has 0 heterocycles. The predicted octanol–water partition coefficient (Wildman–Crippen LogP) is 1.27. The molecule has 0 fully saturated rings. The molecule has 1 unspecified atom stereocenters. The van der Waals surface area contributed by atoms with E-state index in [-0.39, 0.29) is 12.5 Å². The highest BCUT2D eigenvalue weighted by Crippen LogP contribution is 2.10. The van der Waals surface area contributed by atoms with Gasteiger partial charge in [-0.05, 0) is 47.1 Å². The lowest BCUT2D eigenvalue weighted by Crippen LogP contribution is -2.44. The van der Waals surface area contributed by atoms with E-state index < -0.39 is 36.4 Å². The van der Waals surface area contributed by atoms with Crippen molar-refractivity contribution in [2.45, 2.75) is 26.3 Å². The molecule has 2 amide bonds. The van der Waals surface area contributed by atoms with Crippen LogP contribution in [0.2, 0.25) is 0 Å². The summed E-state index contributed by atoms with van der Waals surface area (Å²) in [5.41, 5.74) is 0.443. The topological polar surface area (TPSA) is 111 Å². The Morgan fingerprint density at radius 2 is 1.81 bits per heavy atom. The zero-order valence-corrected chi connectivity index (χ0v) is 17.6. The van der Waals surface area contributed by atoms with Crippen molar-refractivity contribution in [3.8, 4) is 0 Å². The average molecular weight is 490 g/mol. The molecule has 1 atom stereocenters. The van der Waals surface area contributed by atoms with Crippen molar-refractivity contribution < 1.29 is 28.7 Å². The molecule has 0 aromatic heterocycles. The van der Waals surface area contributed by atoms with Crippen LogP contribution < -0.4 is 10.6 Å². The first kappa shape index (κ1) is 22.9. The molecule has 0 saturated carbocycles. The smallest absolute Gasteiger partial charge is 0.328 e. The molecule has 0 spiro atoms. The van der Waals surface area contributed by atoms with Crippen LogP contribution in [0.5, 0.6) is 0 Å².